The van der Waals surface area contributed by atoms with Crippen LogP contribution in [0.2, 0.25) is 0 Å². The van der Waals surface area contributed by atoms with Gasteiger partial charge in [-0.15, -0.1) is 0 Å². The SMILES string of the molecule is COc1ccccc1CNC(=O)c1ccccc1Sc1ccc([N+](=O)[O-])cc1. The molecule has 3 aromatic rings. The van der Waals surface area contributed by atoms with Gasteiger partial charge in [0, 0.05) is 34.0 Å². The second-order valence-electron chi connectivity index (χ2n) is 5.84. The highest BCUT2D eigenvalue weighted by Gasteiger charge is 2.13. The number of ether oxygens (including phenoxy) is 1. The molecule has 0 radical (unpaired) electrons. The average Bonchev–Trinajstić information content (AvgIpc) is 2.73. The van der Waals surface area contributed by atoms with Crippen LogP contribution in [0.5, 0.6) is 5.75 Å². The van der Waals surface area contributed by atoms with E-state index >= 15 is 0 Å². The fourth-order valence-electron chi connectivity index (χ4n) is 2.63. The molecule has 142 valence electrons. The number of hydrogen-bond acceptors (Lipinski definition) is 5. The number of nitrogens with zero attached hydrogens (tertiary/aromatic N) is 1. The Morgan fingerprint density at radius 1 is 1.04 bits per heavy atom. The zero-order chi connectivity index (χ0) is 19.9. The first kappa shape index (κ1) is 19.4. The Bertz CT molecular complexity index is 990. The van der Waals surface area contributed by atoms with Crippen molar-refractivity contribution in [2.75, 3.05) is 7.11 Å². The lowest BCUT2D eigenvalue weighted by Crippen LogP contribution is -2.23. The van der Waals surface area contributed by atoms with E-state index in [-0.39, 0.29) is 11.6 Å². The molecule has 0 aliphatic carbocycles. The first-order chi connectivity index (χ1) is 13.6. The van der Waals surface area contributed by atoms with Crippen molar-refractivity contribution in [3.63, 3.8) is 0 Å². The molecule has 0 aliphatic heterocycles. The van der Waals surface area contributed by atoms with E-state index in [0.717, 1.165) is 21.1 Å². The van der Waals surface area contributed by atoms with Gasteiger partial charge in [0.15, 0.2) is 0 Å². The van der Waals surface area contributed by atoms with Crippen LogP contribution < -0.4 is 10.1 Å². The monoisotopic (exact) mass is 394 g/mol. The fourth-order valence-corrected chi connectivity index (χ4v) is 3.57. The molecule has 3 aromatic carbocycles. The molecule has 0 spiro atoms. The van der Waals surface area contributed by atoms with Gasteiger partial charge in [0.1, 0.15) is 5.75 Å². The molecule has 0 fully saturated rings. The quantitative estimate of drug-likeness (QED) is 0.465. The second-order valence-corrected chi connectivity index (χ2v) is 6.96. The van der Waals surface area contributed by atoms with E-state index in [9.17, 15) is 14.9 Å². The van der Waals surface area contributed by atoms with Crippen LogP contribution in [0.15, 0.2) is 82.6 Å². The van der Waals surface area contributed by atoms with Gasteiger partial charge in [-0.1, -0.05) is 42.1 Å². The number of nitrogens with one attached hydrogen (secondary N) is 1. The topological polar surface area (TPSA) is 81.5 Å². The third-order valence-electron chi connectivity index (χ3n) is 4.04. The maximum Gasteiger partial charge on any atom is 0.269 e. The predicted octanol–water partition coefficient (Wildman–Crippen LogP) is 4.68. The van der Waals surface area contributed by atoms with Crippen molar-refractivity contribution in [2.45, 2.75) is 16.3 Å². The average molecular weight is 394 g/mol. The van der Waals surface area contributed by atoms with E-state index in [1.54, 1.807) is 31.4 Å². The Labute approximate surface area is 166 Å². The van der Waals surface area contributed by atoms with E-state index < -0.39 is 4.92 Å². The molecule has 28 heavy (non-hydrogen) atoms. The number of hydrogen-bond donors (Lipinski definition) is 1. The van der Waals surface area contributed by atoms with Crippen molar-refractivity contribution >= 4 is 23.4 Å². The van der Waals surface area contributed by atoms with Gasteiger partial charge in [-0.05, 0) is 30.3 Å². The summed E-state index contributed by atoms with van der Waals surface area (Å²) in [5.74, 6) is 0.521. The lowest BCUT2D eigenvalue weighted by molar-refractivity contribution is -0.384. The smallest absolute Gasteiger partial charge is 0.269 e. The standard InChI is InChI=1S/C21H18N2O4S/c1-27-19-8-4-2-6-15(19)14-22-21(24)18-7-3-5-9-20(18)28-17-12-10-16(11-13-17)23(25)26/h2-13H,14H2,1H3,(H,22,24). The third-order valence-corrected chi connectivity index (χ3v) is 5.12. The summed E-state index contributed by atoms with van der Waals surface area (Å²) in [5.41, 5.74) is 1.46. The molecule has 1 N–H and O–H groups in total. The Hall–Kier alpha value is -3.32. The summed E-state index contributed by atoms with van der Waals surface area (Å²) in [4.78, 5) is 24.7. The van der Waals surface area contributed by atoms with E-state index in [0.29, 0.717) is 12.1 Å². The number of amides is 1. The normalized spacial score (nSPS) is 10.3. The van der Waals surface area contributed by atoms with Crippen molar-refractivity contribution in [3.8, 4) is 5.75 Å². The van der Waals surface area contributed by atoms with Crippen molar-refractivity contribution in [1.82, 2.24) is 5.32 Å². The molecule has 0 saturated carbocycles. The Kier molecular flexibility index (Phi) is 6.29. The van der Waals surface area contributed by atoms with E-state index in [4.69, 9.17) is 4.74 Å². The number of non-ortho nitro benzene ring substituents is 1. The Balaban J connectivity index is 1.74. The summed E-state index contributed by atoms with van der Waals surface area (Å²) < 4.78 is 5.31. The van der Waals surface area contributed by atoms with Gasteiger partial charge in [0.2, 0.25) is 0 Å². The Morgan fingerprint density at radius 2 is 1.71 bits per heavy atom. The van der Waals surface area contributed by atoms with E-state index in [2.05, 4.69) is 5.32 Å². The van der Waals surface area contributed by atoms with Crippen LogP contribution in [0.1, 0.15) is 15.9 Å². The molecule has 7 heteroatoms. The van der Waals surface area contributed by atoms with Crippen LogP contribution in [0.25, 0.3) is 0 Å². The van der Waals surface area contributed by atoms with Gasteiger partial charge in [0.25, 0.3) is 11.6 Å². The number of benzene rings is 3. The maximum absolute atomic E-state index is 12.7. The minimum atomic E-state index is -0.437. The summed E-state index contributed by atoms with van der Waals surface area (Å²) in [6, 6.07) is 21.0. The van der Waals surface area contributed by atoms with Crippen molar-refractivity contribution in [3.05, 3.63) is 94.0 Å². The zero-order valence-corrected chi connectivity index (χ0v) is 15.9. The highest BCUT2D eigenvalue weighted by molar-refractivity contribution is 7.99. The van der Waals surface area contributed by atoms with Crippen molar-refractivity contribution in [1.29, 1.82) is 0 Å². The molecule has 6 nitrogen and oxygen atoms in total. The third kappa shape index (κ3) is 4.69. The highest BCUT2D eigenvalue weighted by Crippen LogP contribution is 2.31. The van der Waals surface area contributed by atoms with E-state index in [1.807, 2.05) is 36.4 Å². The largest absolute Gasteiger partial charge is 0.496 e. The zero-order valence-electron chi connectivity index (χ0n) is 15.1. The summed E-state index contributed by atoms with van der Waals surface area (Å²) >= 11 is 1.38. The number of para-hydroxylation sites is 1. The lowest BCUT2D eigenvalue weighted by Gasteiger charge is -2.12. The number of methoxy groups -OCH3 is 1. The number of nitro groups is 1. The molecule has 0 atom stereocenters. The van der Waals surface area contributed by atoms with Crippen LogP contribution >= 0.6 is 11.8 Å². The molecular weight excluding hydrogens is 376 g/mol. The van der Waals surface area contributed by atoms with Gasteiger partial charge < -0.3 is 10.1 Å². The number of carbonyl (C=O) groups excluding carboxylic acids is 1. The summed E-state index contributed by atoms with van der Waals surface area (Å²) in [6.07, 6.45) is 0. The highest BCUT2D eigenvalue weighted by atomic mass is 32.2. The second kappa shape index (κ2) is 9.05. The molecular formula is C21H18N2O4S. The van der Waals surface area contributed by atoms with Crippen LogP contribution in [0.4, 0.5) is 5.69 Å². The first-order valence-electron chi connectivity index (χ1n) is 8.50. The first-order valence-corrected chi connectivity index (χ1v) is 9.31. The number of carbonyl (C=O) groups is 1. The van der Waals surface area contributed by atoms with Crippen LogP contribution in [-0.2, 0) is 6.54 Å². The van der Waals surface area contributed by atoms with Gasteiger partial charge in [0.05, 0.1) is 17.6 Å². The fraction of sp³-hybridized carbons (Fsp3) is 0.0952. The molecule has 0 aromatic heterocycles. The van der Waals surface area contributed by atoms with Crippen LogP contribution in [0.3, 0.4) is 0 Å². The molecule has 0 aliphatic rings. The maximum atomic E-state index is 12.7. The number of rotatable bonds is 7. The van der Waals surface area contributed by atoms with E-state index in [1.165, 1.54) is 23.9 Å². The Morgan fingerprint density at radius 3 is 2.43 bits per heavy atom. The molecule has 3 rings (SSSR count). The lowest BCUT2D eigenvalue weighted by atomic mass is 10.1. The minimum absolute atomic E-state index is 0.0344. The molecule has 0 bridgehead atoms. The predicted molar refractivity (Wildman–Crippen MR) is 108 cm³/mol. The van der Waals surface area contributed by atoms with Crippen LogP contribution in [-0.4, -0.2) is 17.9 Å². The molecule has 1 amide bonds. The number of nitro benzene ring substituents is 1. The summed E-state index contributed by atoms with van der Waals surface area (Å²) in [6.45, 7) is 0.347. The van der Waals surface area contributed by atoms with Crippen molar-refractivity contribution in [2.24, 2.45) is 0 Å². The summed E-state index contributed by atoms with van der Waals surface area (Å²) in [5, 5.41) is 13.7. The molecule has 0 unspecified atom stereocenters. The van der Waals surface area contributed by atoms with Gasteiger partial charge >= 0.3 is 0 Å². The van der Waals surface area contributed by atoms with Gasteiger partial charge in [-0.25, -0.2) is 0 Å². The molecule has 0 heterocycles. The molecule has 0 saturated heterocycles. The minimum Gasteiger partial charge on any atom is -0.496 e. The van der Waals surface area contributed by atoms with Crippen molar-refractivity contribution < 1.29 is 14.5 Å². The van der Waals surface area contributed by atoms with Gasteiger partial charge in [-0.3, -0.25) is 14.9 Å². The van der Waals surface area contributed by atoms with Gasteiger partial charge in [-0.2, -0.15) is 0 Å². The van der Waals surface area contributed by atoms with Crippen LogP contribution in [0, 0.1) is 10.1 Å². The summed E-state index contributed by atoms with van der Waals surface area (Å²) in [7, 11) is 1.59.